The van der Waals surface area contributed by atoms with Gasteiger partial charge in [-0.15, -0.1) is 0 Å². The Hall–Kier alpha value is 1.09. The largest absolute Gasteiger partial charge is 1.00 e. The predicted molar refractivity (Wildman–Crippen MR) is 104 cm³/mol. The van der Waals surface area contributed by atoms with Crippen LogP contribution in [0.5, 0.6) is 0 Å². The van der Waals surface area contributed by atoms with E-state index >= 15 is 0 Å². The van der Waals surface area contributed by atoms with E-state index in [1.807, 2.05) is 0 Å². The topological polar surface area (TPSA) is 66.4 Å². The van der Waals surface area contributed by atoms with Crippen molar-refractivity contribution in [2.24, 2.45) is 0 Å². The molecule has 0 saturated carbocycles. The molecule has 0 spiro atoms. The molecule has 0 radical (unpaired) electrons. The third-order valence-corrected chi connectivity index (χ3v) is 4.84. The van der Waals surface area contributed by atoms with E-state index in [4.69, 9.17) is 0 Å². The molecule has 0 aromatic rings. The van der Waals surface area contributed by atoms with Crippen LogP contribution < -0.4 is 51.4 Å². The van der Waals surface area contributed by atoms with E-state index in [0.29, 0.717) is 0 Å². The van der Waals surface area contributed by atoms with Gasteiger partial charge in [0.1, 0.15) is 6.26 Å². The summed E-state index contributed by atoms with van der Waals surface area (Å²) in [6.07, 6.45) is 24.7. The van der Waals surface area contributed by atoms with Gasteiger partial charge in [0, 0.05) is 0 Å². The molecule has 0 aromatic carbocycles. The average Bonchev–Trinajstić information content (AvgIpc) is 2.56. The molecule has 150 valence electrons. The van der Waals surface area contributed by atoms with Crippen LogP contribution in [0, 0.1) is 0 Å². The molecule has 0 N–H and O–H groups in total. The van der Waals surface area contributed by atoms with Gasteiger partial charge in [0.15, 0.2) is 0 Å². The summed E-state index contributed by atoms with van der Waals surface area (Å²) in [5.74, 6) is 0. The fourth-order valence-electron chi connectivity index (χ4n) is 2.99. The van der Waals surface area contributed by atoms with Crippen molar-refractivity contribution in [2.75, 3.05) is 0 Å². The SMILES string of the molecule is CCCCCCCCCCCCCCCCCC/C=C/OS(=O)(=O)[O-].[K+]. The van der Waals surface area contributed by atoms with E-state index in [-0.39, 0.29) is 51.4 Å². The summed E-state index contributed by atoms with van der Waals surface area (Å²) in [5, 5.41) is 0. The quantitative estimate of drug-likeness (QED) is 0.106. The molecule has 0 unspecified atom stereocenters. The second-order valence-corrected chi connectivity index (χ2v) is 7.98. The van der Waals surface area contributed by atoms with Crippen LogP contribution in [-0.4, -0.2) is 13.0 Å². The van der Waals surface area contributed by atoms with Crippen molar-refractivity contribution in [3.05, 3.63) is 12.3 Å². The molecule has 26 heavy (non-hydrogen) atoms. The Labute approximate surface area is 205 Å². The first kappa shape index (κ1) is 29.3. The summed E-state index contributed by atoms with van der Waals surface area (Å²) < 4.78 is 34.5. The summed E-state index contributed by atoms with van der Waals surface area (Å²) in [4.78, 5) is 0. The molecule has 0 heterocycles. The zero-order valence-electron chi connectivity index (χ0n) is 17.2. The molecule has 0 saturated heterocycles. The first-order valence-corrected chi connectivity index (χ1v) is 11.7. The smallest absolute Gasteiger partial charge is 0.716 e. The van der Waals surface area contributed by atoms with E-state index in [1.165, 1.54) is 89.9 Å². The van der Waals surface area contributed by atoms with E-state index in [1.54, 1.807) is 6.08 Å². The Morgan fingerprint density at radius 2 is 1.04 bits per heavy atom. The van der Waals surface area contributed by atoms with Crippen molar-refractivity contribution < 1.29 is 68.5 Å². The number of unbranched alkanes of at least 4 members (excludes halogenated alkanes) is 16. The first-order valence-electron chi connectivity index (χ1n) is 10.4. The van der Waals surface area contributed by atoms with Crippen LogP contribution in [0.25, 0.3) is 0 Å². The van der Waals surface area contributed by atoms with Gasteiger partial charge in [-0.2, -0.15) is 0 Å². The van der Waals surface area contributed by atoms with Crippen molar-refractivity contribution >= 4 is 10.4 Å². The van der Waals surface area contributed by atoms with Gasteiger partial charge >= 0.3 is 51.4 Å². The van der Waals surface area contributed by atoms with Gasteiger partial charge in [-0.25, -0.2) is 8.42 Å². The fourth-order valence-corrected chi connectivity index (χ4v) is 3.20. The van der Waals surface area contributed by atoms with Crippen LogP contribution in [0.1, 0.15) is 116 Å². The van der Waals surface area contributed by atoms with Crippen LogP contribution in [0.2, 0.25) is 0 Å². The van der Waals surface area contributed by atoms with Crippen molar-refractivity contribution in [1.82, 2.24) is 0 Å². The van der Waals surface area contributed by atoms with E-state index in [0.717, 1.165) is 25.5 Å². The summed E-state index contributed by atoms with van der Waals surface area (Å²) >= 11 is 0. The Kier molecular flexibility index (Phi) is 25.2. The van der Waals surface area contributed by atoms with Gasteiger partial charge in [0.05, 0.1) is 0 Å². The van der Waals surface area contributed by atoms with Crippen LogP contribution in [0.3, 0.4) is 0 Å². The molecular formula is C20H39KO4S. The maximum Gasteiger partial charge on any atom is 1.00 e. The minimum absolute atomic E-state index is 0. The third kappa shape index (κ3) is 27.3. The van der Waals surface area contributed by atoms with Crippen molar-refractivity contribution in [3.63, 3.8) is 0 Å². The van der Waals surface area contributed by atoms with E-state index < -0.39 is 10.4 Å². The standard InChI is InChI=1S/C20H40O4S.K/c1-2-3-4-5-6-7-8-9-10-11-12-13-14-15-16-17-18-19-20-24-25(21,22)23;/h19-20H,2-18H2,1H3,(H,21,22,23);/q;+1/p-1/b20-19+;. The van der Waals surface area contributed by atoms with E-state index in [2.05, 4.69) is 11.1 Å². The van der Waals surface area contributed by atoms with E-state index in [9.17, 15) is 13.0 Å². The normalized spacial score (nSPS) is 11.6. The maximum absolute atomic E-state index is 10.2. The molecule has 0 bridgehead atoms. The van der Waals surface area contributed by atoms with Gasteiger partial charge in [-0.05, 0) is 18.9 Å². The summed E-state index contributed by atoms with van der Waals surface area (Å²) in [5.41, 5.74) is 0. The molecule has 6 heteroatoms. The monoisotopic (exact) mass is 414 g/mol. The average molecular weight is 415 g/mol. The molecule has 0 aliphatic rings. The second-order valence-electron chi connectivity index (χ2n) is 6.97. The first-order chi connectivity index (χ1) is 12.1. The molecule has 0 atom stereocenters. The third-order valence-electron chi connectivity index (χ3n) is 4.49. The predicted octanol–water partition coefficient (Wildman–Crippen LogP) is 3.63. The van der Waals surface area contributed by atoms with Crippen molar-refractivity contribution in [1.29, 1.82) is 0 Å². The molecule has 0 amide bonds. The Morgan fingerprint density at radius 3 is 1.38 bits per heavy atom. The Bertz CT molecular complexity index is 397. The molecule has 0 rings (SSSR count). The zero-order valence-corrected chi connectivity index (χ0v) is 21.2. The minimum atomic E-state index is -4.58. The Morgan fingerprint density at radius 1 is 0.692 bits per heavy atom. The van der Waals surface area contributed by atoms with Crippen LogP contribution in [0.15, 0.2) is 12.3 Å². The molecular weight excluding hydrogens is 375 g/mol. The molecule has 0 aromatic heterocycles. The molecule has 0 aliphatic carbocycles. The zero-order chi connectivity index (χ0) is 18.6. The summed E-state index contributed by atoms with van der Waals surface area (Å²) in [6, 6.07) is 0. The van der Waals surface area contributed by atoms with Gasteiger partial charge in [0.25, 0.3) is 10.4 Å². The summed E-state index contributed by atoms with van der Waals surface area (Å²) in [6.45, 7) is 2.27. The van der Waals surface area contributed by atoms with Gasteiger partial charge in [0.2, 0.25) is 0 Å². The summed E-state index contributed by atoms with van der Waals surface area (Å²) in [7, 11) is -4.58. The van der Waals surface area contributed by atoms with Gasteiger partial charge < -0.3 is 8.74 Å². The van der Waals surface area contributed by atoms with Crippen molar-refractivity contribution in [3.8, 4) is 0 Å². The number of hydrogen-bond acceptors (Lipinski definition) is 4. The van der Waals surface area contributed by atoms with Crippen molar-refractivity contribution in [2.45, 2.75) is 116 Å². The Balaban J connectivity index is 0. The van der Waals surface area contributed by atoms with Crippen LogP contribution >= 0.6 is 0 Å². The molecule has 0 aliphatic heterocycles. The number of hydrogen-bond donors (Lipinski definition) is 0. The van der Waals surface area contributed by atoms with Gasteiger partial charge in [-0.3, -0.25) is 0 Å². The fraction of sp³-hybridized carbons (Fsp3) is 0.900. The number of rotatable bonds is 19. The number of allylic oxidation sites excluding steroid dienone is 1. The van der Waals surface area contributed by atoms with Crippen LogP contribution in [0.4, 0.5) is 0 Å². The minimum Gasteiger partial charge on any atom is -0.716 e. The molecule has 0 fully saturated rings. The van der Waals surface area contributed by atoms with Crippen LogP contribution in [-0.2, 0) is 14.6 Å². The molecule has 4 nitrogen and oxygen atoms in total. The second kappa shape index (κ2) is 22.4. The maximum atomic E-state index is 10.2. The van der Waals surface area contributed by atoms with Gasteiger partial charge in [-0.1, -0.05) is 103 Å².